The molecule has 0 saturated carbocycles. The van der Waals surface area contributed by atoms with Crippen LogP contribution in [0, 0.1) is 5.82 Å². The number of nitrogens with zero attached hydrogens (tertiary/aromatic N) is 2. The molecule has 1 aliphatic carbocycles. The average molecular weight is 560 g/mol. The predicted molar refractivity (Wildman–Crippen MR) is 117 cm³/mol. The number of amides is 4. The van der Waals surface area contributed by atoms with E-state index in [2.05, 4.69) is 21.2 Å². The standard InChI is InChI=1S/C23H19BrF5N3O3/c1-12(23(27,28)29)31(10-13-2-5-15(25)6-3-13)19(33)11-32-20(34)22(30-21(32)35)9-18(26)16-8-14(24)4-7-17(16)22/h2-8,12,18H,9-11H2,1H3,(H,30,35)/t12-,18+,22-/m0/s1. The first-order valence-corrected chi connectivity index (χ1v) is 11.3. The van der Waals surface area contributed by atoms with Gasteiger partial charge >= 0.3 is 12.2 Å². The molecular weight excluding hydrogens is 541 g/mol. The first kappa shape index (κ1) is 25.1. The van der Waals surface area contributed by atoms with Gasteiger partial charge in [0.2, 0.25) is 5.91 Å². The van der Waals surface area contributed by atoms with Crippen LogP contribution in [-0.4, -0.2) is 46.4 Å². The Kier molecular flexibility index (Phi) is 6.37. The minimum atomic E-state index is -4.80. The average Bonchev–Trinajstić information content (AvgIpc) is 3.19. The fraction of sp³-hybridized carbons (Fsp3) is 0.348. The van der Waals surface area contributed by atoms with Gasteiger partial charge in [-0.3, -0.25) is 14.5 Å². The molecule has 2 aliphatic rings. The van der Waals surface area contributed by atoms with Crippen LogP contribution in [0.4, 0.5) is 26.7 Å². The lowest BCUT2D eigenvalue weighted by Crippen LogP contribution is -2.51. The van der Waals surface area contributed by atoms with Crippen molar-refractivity contribution in [1.29, 1.82) is 0 Å². The van der Waals surface area contributed by atoms with Crippen LogP contribution >= 0.6 is 15.9 Å². The maximum absolute atomic E-state index is 14.7. The highest BCUT2D eigenvalue weighted by Crippen LogP contribution is 2.49. The van der Waals surface area contributed by atoms with Gasteiger partial charge < -0.3 is 10.2 Å². The lowest BCUT2D eigenvalue weighted by molar-refractivity contribution is -0.187. The SMILES string of the molecule is C[C@H](N(Cc1ccc(F)cc1)C(=O)CN1C(=O)N[C@]2(C[C@@H](F)c3cc(Br)ccc32)C1=O)C(F)(F)F. The van der Waals surface area contributed by atoms with Crippen molar-refractivity contribution in [3.05, 3.63) is 69.4 Å². The Hall–Kier alpha value is -3.02. The van der Waals surface area contributed by atoms with Gasteiger partial charge in [0, 0.05) is 17.4 Å². The van der Waals surface area contributed by atoms with Crippen molar-refractivity contribution in [3.8, 4) is 0 Å². The number of imide groups is 1. The molecule has 0 bridgehead atoms. The number of hydrogen-bond acceptors (Lipinski definition) is 3. The third kappa shape index (κ3) is 4.51. The second-order valence-electron chi connectivity index (χ2n) is 8.50. The monoisotopic (exact) mass is 559 g/mol. The van der Waals surface area contributed by atoms with Crippen LogP contribution < -0.4 is 5.32 Å². The highest BCUT2D eigenvalue weighted by molar-refractivity contribution is 9.10. The quantitative estimate of drug-likeness (QED) is 0.425. The zero-order chi connectivity index (χ0) is 25.7. The van der Waals surface area contributed by atoms with E-state index in [1.165, 1.54) is 24.3 Å². The molecule has 12 heteroatoms. The smallest absolute Gasteiger partial charge is 0.325 e. The summed E-state index contributed by atoms with van der Waals surface area (Å²) in [6.45, 7) is -0.734. The summed E-state index contributed by atoms with van der Waals surface area (Å²) in [4.78, 5) is 39.9. The van der Waals surface area contributed by atoms with Crippen molar-refractivity contribution < 1.29 is 36.3 Å². The first-order chi connectivity index (χ1) is 16.3. The van der Waals surface area contributed by atoms with Gasteiger partial charge in [0.1, 0.15) is 30.1 Å². The maximum Gasteiger partial charge on any atom is 0.408 e. The number of alkyl halides is 4. The Balaban J connectivity index is 1.60. The number of hydrogen-bond donors (Lipinski definition) is 1. The fourth-order valence-corrected chi connectivity index (χ4v) is 4.77. The largest absolute Gasteiger partial charge is 0.408 e. The van der Waals surface area contributed by atoms with Crippen LogP contribution in [0.15, 0.2) is 46.9 Å². The van der Waals surface area contributed by atoms with E-state index in [1.54, 1.807) is 6.07 Å². The molecule has 0 radical (unpaired) electrons. The second kappa shape index (κ2) is 8.89. The number of rotatable bonds is 5. The normalized spacial score (nSPS) is 22.4. The number of nitrogens with one attached hydrogen (secondary N) is 1. The highest BCUT2D eigenvalue weighted by atomic mass is 79.9. The van der Waals surface area contributed by atoms with Crippen molar-refractivity contribution in [2.24, 2.45) is 0 Å². The summed E-state index contributed by atoms with van der Waals surface area (Å²) in [6.07, 6.45) is -6.76. The summed E-state index contributed by atoms with van der Waals surface area (Å²) in [7, 11) is 0. The van der Waals surface area contributed by atoms with Gasteiger partial charge in [-0.25, -0.2) is 13.6 Å². The topological polar surface area (TPSA) is 69.7 Å². The molecular formula is C23H19BrF5N3O3. The van der Waals surface area contributed by atoms with E-state index in [1.807, 2.05) is 0 Å². The molecule has 0 aromatic heterocycles. The molecule has 2 aromatic carbocycles. The molecule has 4 rings (SSSR count). The van der Waals surface area contributed by atoms with Gasteiger partial charge in [-0.2, -0.15) is 13.2 Å². The van der Waals surface area contributed by atoms with E-state index in [0.29, 0.717) is 14.3 Å². The maximum atomic E-state index is 14.7. The van der Waals surface area contributed by atoms with Crippen molar-refractivity contribution in [1.82, 2.24) is 15.1 Å². The van der Waals surface area contributed by atoms with Crippen LogP contribution in [-0.2, 0) is 21.7 Å². The predicted octanol–water partition coefficient (Wildman–Crippen LogP) is 4.73. The Labute approximate surface area is 205 Å². The highest BCUT2D eigenvalue weighted by Gasteiger charge is 2.58. The molecule has 186 valence electrons. The summed E-state index contributed by atoms with van der Waals surface area (Å²) >= 11 is 3.23. The molecule has 1 fully saturated rings. The summed E-state index contributed by atoms with van der Waals surface area (Å²) in [5.41, 5.74) is -1.09. The lowest BCUT2D eigenvalue weighted by Gasteiger charge is -2.32. The van der Waals surface area contributed by atoms with E-state index >= 15 is 0 Å². The summed E-state index contributed by atoms with van der Waals surface area (Å²) < 4.78 is 69.1. The number of benzene rings is 2. The van der Waals surface area contributed by atoms with Crippen LogP contribution in [0.2, 0.25) is 0 Å². The number of carbonyl (C=O) groups is 3. The molecule has 3 atom stereocenters. The Morgan fingerprint density at radius 1 is 1.23 bits per heavy atom. The van der Waals surface area contributed by atoms with Gasteiger partial charge in [-0.1, -0.05) is 34.1 Å². The Morgan fingerprint density at radius 3 is 2.51 bits per heavy atom. The summed E-state index contributed by atoms with van der Waals surface area (Å²) in [6, 6.07) is 5.82. The van der Waals surface area contributed by atoms with Gasteiger partial charge in [0.15, 0.2) is 0 Å². The van der Waals surface area contributed by atoms with Crippen molar-refractivity contribution in [2.45, 2.75) is 43.8 Å². The van der Waals surface area contributed by atoms with E-state index in [-0.39, 0.29) is 16.7 Å². The van der Waals surface area contributed by atoms with Crippen LogP contribution in [0.5, 0.6) is 0 Å². The minimum Gasteiger partial charge on any atom is -0.325 e. The van der Waals surface area contributed by atoms with Gasteiger partial charge in [0.25, 0.3) is 5.91 Å². The van der Waals surface area contributed by atoms with Gasteiger partial charge in [-0.05, 0) is 47.9 Å². The van der Waals surface area contributed by atoms with E-state index < -0.39 is 67.1 Å². The molecule has 1 aliphatic heterocycles. The molecule has 1 N–H and O–H groups in total. The molecule has 4 amide bonds. The molecule has 6 nitrogen and oxygen atoms in total. The van der Waals surface area contributed by atoms with E-state index in [4.69, 9.17) is 0 Å². The zero-order valence-electron chi connectivity index (χ0n) is 18.2. The van der Waals surface area contributed by atoms with Crippen molar-refractivity contribution in [2.75, 3.05) is 6.54 Å². The second-order valence-corrected chi connectivity index (χ2v) is 9.41. The molecule has 2 aromatic rings. The van der Waals surface area contributed by atoms with Gasteiger partial charge in [0.05, 0.1) is 0 Å². The van der Waals surface area contributed by atoms with Crippen molar-refractivity contribution >= 4 is 33.8 Å². The Bertz CT molecular complexity index is 1190. The minimum absolute atomic E-state index is 0.199. The molecule has 1 saturated heterocycles. The summed E-state index contributed by atoms with van der Waals surface area (Å²) in [5.74, 6) is -2.67. The number of halogens is 6. The van der Waals surface area contributed by atoms with Crippen molar-refractivity contribution in [3.63, 3.8) is 0 Å². The summed E-state index contributed by atoms with van der Waals surface area (Å²) in [5, 5.41) is 2.44. The molecule has 1 spiro atoms. The van der Waals surface area contributed by atoms with Crippen LogP contribution in [0.3, 0.4) is 0 Å². The van der Waals surface area contributed by atoms with Crippen LogP contribution in [0.1, 0.15) is 36.2 Å². The number of urea groups is 1. The van der Waals surface area contributed by atoms with E-state index in [0.717, 1.165) is 19.1 Å². The first-order valence-electron chi connectivity index (χ1n) is 10.5. The van der Waals surface area contributed by atoms with E-state index in [9.17, 15) is 36.3 Å². The van der Waals surface area contributed by atoms with Gasteiger partial charge in [-0.15, -0.1) is 0 Å². The number of fused-ring (bicyclic) bond motifs is 2. The zero-order valence-corrected chi connectivity index (χ0v) is 19.8. The third-order valence-corrected chi connectivity index (χ3v) is 6.79. The third-order valence-electron chi connectivity index (χ3n) is 6.29. The lowest BCUT2D eigenvalue weighted by atomic mass is 9.92. The molecule has 35 heavy (non-hydrogen) atoms. The number of carbonyl (C=O) groups excluding carboxylic acids is 3. The molecule has 1 heterocycles. The Morgan fingerprint density at radius 2 is 1.89 bits per heavy atom. The molecule has 0 unspecified atom stereocenters. The van der Waals surface area contributed by atoms with Crippen LogP contribution in [0.25, 0.3) is 0 Å². The fourth-order valence-electron chi connectivity index (χ4n) is 4.39.